The van der Waals surface area contributed by atoms with Crippen molar-refractivity contribution in [3.8, 4) is 0 Å². The highest BCUT2D eigenvalue weighted by Crippen LogP contribution is 2.21. The summed E-state index contributed by atoms with van der Waals surface area (Å²) in [5.74, 6) is 18.8. The Morgan fingerprint density at radius 1 is 0.145 bits per heavy atom. The van der Waals surface area contributed by atoms with Crippen molar-refractivity contribution < 1.29 is 37.9 Å². The smallest absolute Gasteiger partial charge is 0.146 e. The summed E-state index contributed by atoms with van der Waals surface area (Å²) in [7, 11) is 0. The third kappa shape index (κ3) is 180. The second-order valence-corrected chi connectivity index (χ2v) is 47.3. The van der Waals surface area contributed by atoms with Gasteiger partial charge in [-0.1, -0.05) is 238 Å². The van der Waals surface area contributed by atoms with Crippen molar-refractivity contribution in [1.29, 1.82) is 0 Å². The quantitative estimate of drug-likeness (QED) is 0.267. The molecule has 124 heavy (non-hydrogen) atoms. The molecule has 13 aliphatic heterocycles. The Balaban J connectivity index is -0.000000161. The molecular formula is C107H236N4O8S5. The average molecular weight is 1870 g/mol. The van der Waals surface area contributed by atoms with E-state index in [9.17, 15) is 0 Å². The monoisotopic (exact) mass is 1870 g/mol. The zero-order valence-electron chi connectivity index (χ0n) is 91.3. The van der Waals surface area contributed by atoms with Crippen molar-refractivity contribution in [2.45, 2.75) is 440 Å². The van der Waals surface area contributed by atoms with Crippen LogP contribution in [0, 0.1) is 53.3 Å². The zero-order valence-corrected chi connectivity index (χ0v) is 95.4. The molecule has 12 nitrogen and oxygen atoms in total. The van der Waals surface area contributed by atoms with Crippen LogP contribution in [0.2, 0.25) is 0 Å². The van der Waals surface area contributed by atoms with E-state index in [1.807, 2.05) is 23.5 Å². The largest absolute Gasteiger partial charge is 0.381 e. The molecular weight excluding hydrogens is 1630 g/mol. The average Bonchev–Trinajstić information content (AvgIpc) is 1.73. The number of ether oxygens (including phenoxy) is 8. The fourth-order valence-electron chi connectivity index (χ4n) is 10.5. The summed E-state index contributed by atoms with van der Waals surface area (Å²) in [5, 5.41) is 1.33. The van der Waals surface area contributed by atoms with Crippen LogP contribution in [0.15, 0.2) is 0 Å². The third-order valence-electron chi connectivity index (χ3n) is 16.4. The van der Waals surface area contributed by atoms with E-state index in [0.717, 1.165) is 177 Å². The molecule has 0 atom stereocenters. The van der Waals surface area contributed by atoms with Gasteiger partial charge < -0.3 is 52.6 Å². The van der Waals surface area contributed by atoms with E-state index in [2.05, 4.69) is 297 Å². The minimum atomic E-state index is 0.500. The van der Waals surface area contributed by atoms with Gasteiger partial charge in [0.25, 0.3) is 0 Å². The summed E-state index contributed by atoms with van der Waals surface area (Å²) in [4.78, 5) is 10.1. The number of morpholine rings is 1. The van der Waals surface area contributed by atoms with Gasteiger partial charge in [-0.2, -0.15) is 58.8 Å². The highest BCUT2D eigenvalue weighted by atomic mass is 32.2. The molecule has 0 aromatic rings. The summed E-state index contributed by atoms with van der Waals surface area (Å²) in [6.07, 6.45) is 37.8. The molecule has 0 radical (unpaired) electrons. The number of nitrogens with zero attached hydrogens (tertiary/aromatic N) is 4. The van der Waals surface area contributed by atoms with Crippen LogP contribution in [-0.4, -0.2) is 247 Å². The number of thioether (sulfide) groups is 5. The third-order valence-corrected chi connectivity index (χ3v) is 22.5. The van der Waals surface area contributed by atoms with Gasteiger partial charge in [-0.25, -0.2) is 0 Å². The maximum Gasteiger partial charge on any atom is 0.146 e. The minimum Gasteiger partial charge on any atom is -0.381 e. The van der Waals surface area contributed by atoms with Gasteiger partial charge in [0.2, 0.25) is 0 Å². The summed E-state index contributed by atoms with van der Waals surface area (Å²) in [5.41, 5.74) is 0. The van der Waals surface area contributed by atoms with Crippen LogP contribution < -0.4 is 0 Å². The lowest BCUT2D eigenvalue weighted by Crippen LogP contribution is -2.40. The number of hydrogen-bond acceptors (Lipinski definition) is 17. The van der Waals surface area contributed by atoms with Gasteiger partial charge in [-0.3, -0.25) is 4.90 Å². The lowest BCUT2D eigenvalue weighted by atomic mass is 10.1. The molecule has 0 unspecified atom stereocenters. The standard InChI is InChI=1S/C9H19N.C8H17N.C7H15NO.C7H15N.C6H12O.C6H12S.C5H10O.C5H10S.C4H8O2.C4H8O.C4H8S.9C4H10.C3H6O2.C3H6S2/c1-9(2)10-7-5-3-4-6-8-10;1-8(2)9-6-4-3-5-7-9;1-7(2)8-3-5-9-6-4-8;1-7(2)8-5-3-4-6-8;2*1-2-4-6-7-5-3-1;2*1-2-4-6-5-3-1;1-2-6-4-3-5-1;2*1-2-4-5-3-1;9*1-4(2)3;2*1-2-5-3-4-1/h9H,3-8H2,1-2H3;8H,3-7H2,1-2H3;7H,3-6H2,1-2H3;7H,3-6H2,1-2H3;2*1-6H2;2*1-5H2;1-4H2;2*1-4H2;9*4H,1-3H3;2*1-3H2. The first kappa shape index (κ1) is 143. The van der Waals surface area contributed by atoms with Crippen molar-refractivity contribution in [1.82, 2.24) is 19.6 Å². The van der Waals surface area contributed by atoms with Crippen molar-refractivity contribution in [3.05, 3.63) is 0 Å². The molecule has 0 spiro atoms. The van der Waals surface area contributed by atoms with E-state index in [1.54, 1.807) is 0 Å². The summed E-state index contributed by atoms with van der Waals surface area (Å²) in [6.45, 7) is 99.9. The topological polar surface area (TPSA) is 86.8 Å². The van der Waals surface area contributed by atoms with Crippen LogP contribution in [0.4, 0.5) is 0 Å². The van der Waals surface area contributed by atoms with E-state index in [-0.39, 0.29) is 0 Å². The lowest BCUT2D eigenvalue weighted by molar-refractivity contribution is -0.0334. The van der Waals surface area contributed by atoms with Crippen molar-refractivity contribution in [3.63, 3.8) is 0 Å². The van der Waals surface area contributed by atoms with Crippen LogP contribution in [0.5, 0.6) is 0 Å². The number of hydrogen-bond donors (Lipinski definition) is 0. The second kappa shape index (κ2) is 122. The molecule has 0 amide bonds. The Hall–Kier alpha value is 1.27. The van der Waals surface area contributed by atoms with Gasteiger partial charge in [-0.15, -0.1) is 0 Å². The molecule has 0 N–H and O–H groups in total. The van der Waals surface area contributed by atoms with Crippen LogP contribution in [0.3, 0.4) is 0 Å². The molecule has 762 valence electrons. The lowest BCUT2D eigenvalue weighted by Gasteiger charge is -2.29. The predicted molar refractivity (Wildman–Crippen MR) is 580 cm³/mol. The molecule has 17 heteroatoms. The van der Waals surface area contributed by atoms with Crippen molar-refractivity contribution in [2.24, 2.45) is 53.3 Å². The number of piperidine rings is 1. The van der Waals surface area contributed by atoms with E-state index < -0.39 is 0 Å². The van der Waals surface area contributed by atoms with Gasteiger partial charge in [0.05, 0.1) is 52.9 Å². The van der Waals surface area contributed by atoms with E-state index in [0.29, 0.717) is 12.8 Å². The van der Waals surface area contributed by atoms with Crippen LogP contribution in [-0.2, 0) is 37.9 Å². The summed E-state index contributed by atoms with van der Waals surface area (Å²) >= 11 is 10.4. The second-order valence-electron chi connectivity index (χ2n) is 41.0. The van der Waals surface area contributed by atoms with Crippen LogP contribution >= 0.6 is 58.8 Å². The molecule has 13 fully saturated rings. The van der Waals surface area contributed by atoms with Gasteiger partial charge >= 0.3 is 0 Å². The maximum absolute atomic E-state index is 5.21. The van der Waals surface area contributed by atoms with E-state index >= 15 is 0 Å². The molecule has 13 rings (SSSR count). The highest BCUT2D eigenvalue weighted by molar-refractivity contribution is 8.19. The summed E-state index contributed by atoms with van der Waals surface area (Å²) < 4.78 is 39.7. The molecule has 0 saturated carbocycles. The minimum absolute atomic E-state index is 0.500. The highest BCUT2D eigenvalue weighted by Gasteiger charge is 2.15. The SMILES string of the molecule is C1CCCOCC1.C1CCCSCC1.C1CCOC1.C1CCOCC1.C1CCSC1.C1CCSCC1.C1COCCO1.C1COCO1.C1CSCS1.CC(C)C.CC(C)C.CC(C)C.CC(C)C.CC(C)C.CC(C)C.CC(C)C.CC(C)C.CC(C)C.CC(C)N1CCCC1.CC(C)N1CCCCC1.CC(C)N1CCCCCC1.CC(C)N1CCOCC1. The predicted octanol–water partition coefficient (Wildman–Crippen LogP) is 32.0. The summed E-state index contributed by atoms with van der Waals surface area (Å²) in [6, 6.07) is 3.00. The zero-order chi connectivity index (χ0) is 95.7. The molecule has 13 aliphatic rings. The Morgan fingerprint density at radius 3 is 0.476 bits per heavy atom. The molecule has 0 aliphatic carbocycles. The molecule has 0 aromatic carbocycles. The fraction of sp³-hybridized carbons (Fsp3) is 1.00. The van der Waals surface area contributed by atoms with Crippen molar-refractivity contribution in [2.75, 3.05) is 203 Å². The van der Waals surface area contributed by atoms with Gasteiger partial charge in [0.15, 0.2) is 0 Å². The Bertz CT molecular complexity index is 1410. The molecule has 13 saturated heterocycles. The first-order valence-electron chi connectivity index (χ1n) is 52.3. The van der Waals surface area contributed by atoms with Gasteiger partial charge in [0.1, 0.15) is 6.79 Å². The van der Waals surface area contributed by atoms with E-state index in [1.165, 1.54) is 264 Å². The maximum atomic E-state index is 5.21. The van der Waals surface area contributed by atoms with Gasteiger partial charge in [-0.05, 0) is 304 Å². The Labute approximate surface area is 806 Å². The molecule has 0 bridgehead atoms. The number of likely N-dealkylation sites (tertiary alicyclic amines) is 3. The first-order chi connectivity index (χ1) is 58.8. The van der Waals surface area contributed by atoms with Crippen LogP contribution in [0.25, 0.3) is 0 Å². The first-order valence-corrected chi connectivity index (χ1v) is 58.0. The molecule has 0 aromatic heterocycles. The Kier molecular flexibility index (Phi) is 141. The molecule has 13 heterocycles. The number of rotatable bonds is 4. The van der Waals surface area contributed by atoms with Crippen LogP contribution in [0.1, 0.15) is 416 Å². The van der Waals surface area contributed by atoms with E-state index in [4.69, 9.17) is 37.9 Å². The van der Waals surface area contributed by atoms with Crippen molar-refractivity contribution >= 4 is 58.8 Å². The van der Waals surface area contributed by atoms with Gasteiger partial charge in [0, 0.05) is 93.5 Å². The fourth-order valence-corrected chi connectivity index (χ4v) is 16.0. The Morgan fingerprint density at radius 2 is 0.298 bits per heavy atom. The normalized spacial score (nSPS) is 19.4.